The largest absolute Gasteiger partial charge is 0.396 e. The van der Waals surface area contributed by atoms with Crippen molar-refractivity contribution >= 4 is 16.9 Å². The molecule has 0 radical (unpaired) electrons. The van der Waals surface area contributed by atoms with Crippen molar-refractivity contribution in [2.75, 3.05) is 12.3 Å². The Morgan fingerprint density at radius 2 is 2.14 bits per heavy atom. The molecule has 2 rings (SSSR count). The van der Waals surface area contributed by atoms with Crippen LogP contribution in [0.5, 0.6) is 0 Å². The Morgan fingerprint density at radius 3 is 2.93 bits per heavy atom. The first kappa shape index (κ1) is 8.90. The molecule has 1 aromatic carbocycles. The standard InChI is InChI=1S/C10H11N3O/c11-10-6-12-9-5-7(3-4-14)1-2-8(9)13-10/h1-2,5-6,14H,3-4H2,(H2,11,13). The van der Waals surface area contributed by atoms with Crippen molar-refractivity contribution in [3.05, 3.63) is 30.0 Å². The van der Waals surface area contributed by atoms with Crippen molar-refractivity contribution in [3.63, 3.8) is 0 Å². The fourth-order valence-electron chi connectivity index (χ4n) is 1.36. The number of benzene rings is 1. The van der Waals surface area contributed by atoms with Gasteiger partial charge in [0.15, 0.2) is 0 Å². The Balaban J connectivity index is 2.50. The second kappa shape index (κ2) is 3.59. The van der Waals surface area contributed by atoms with Gasteiger partial charge in [-0.15, -0.1) is 0 Å². The van der Waals surface area contributed by atoms with Crippen LogP contribution in [0.3, 0.4) is 0 Å². The number of aliphatic hydroxyl groups is 1. The van der Waals surface area contributed by atoms with Crippen molar-refractivity contribution in [1.82, 2.24) is 9.97 Å². The maximum Gasteiger partial charge on any atom is 0.142 e. The minimum Gasteiger partial charge on any atom is -0.396 e. The molecule has 0 aliphatic heterocycles. The van der Waals surface area contributed by atoms with Gasteiger partial charge in [-0.05, 0) is 24.1 Å². The number of aromatic nitrogens is 2. The summed E-state index contributed by atoms with van der Waals surface area (Å²) in [5.41, 5.74) is 8.16. The van der Waals surface area contributed by atoms with Gasteiger partial charge in [-0.3, -0.25) is 4.98 Å². The summed E-state index contributed by atoms with van der Waals surface area (Å²) >= 11 is 0. The van der Waals surface area contributed by atoms with Gasteiger partial charge in [0.05, 0.1) is 17.2 Å². The van der Waals surface area contributed by atoms with E-state index in [1.807, 2.05) is 18.2 Å². The molecule has 0 saturated carbocycles. The maximum absolute atomic E-state index is 8.78. The number of rotatable bonds is 2. The minimum atomic E-state index is 0.147. The molecule has 0 spiro atoms. The number of nitrogen functional groups attached to an aromatic ring is 1. The molecule has 0 bridgehead atoms. The van der Waals surface area contributed by atoms with Crippen molar-refractivity contribution in [1.29, 1.82) is 0 Å². The van der Waals surface area contributed by atoms with Gasteiger partial charge < -0.3 is 10.8 Å². The number of nitrogens with two attached hydrogens (primary N) is 1. The van der Waals surface area contributed by atoms with E-state index in [9.17, 15) is 0 Å². The number of nitrogens with zero attached hydrogens (tertiary/aromatic N) is 2. The molecule has 0 atom stereocenters. The van der Waals surface area contributed by atoms with Crippen LogP contribution in [-0.4, -0.2) is 21.7 Å². The summed E-state index contributed by atoms with van der Waals surface area (Å²) in [7, 11) is 0. The van der Waals surface area contributed by atoms with Crippen LogP contribution in [0.4, 0.5) is 5.82 Å². The second-order valence-electron chi connectivity index (χ2n) is 3.09. The molecule has 1 heterocycles. The van der Waals surface area contributed by atoms with Crippen molar-refractivity contribution < 1.29 is 5.11 Å². The van der Waals surface area contributed by atoms with Crippen molar-refractivity contribution in [2.45, 2.75) is 6.42 Å². The van der Waals surface area contributed by atoms with Gasteiger partial charge in [-0.25, -0.2) is 4.98 Å². The van der Waals surface area contributed by atoms with Gasteiger partial charge in [-0.1, -0.05) is 6.07 Å². The molecule has 4 nitrogen and oxygen atoms in total. The predicted molar refractivity (Wildman–Crippen MR) is 54.7 cm³/mol. The molecule has 72 valence electrons. The molecule has 1 aromatic heterocycles. The molecule has 14 heavy (non-hydrogen) atoms. The Labute approximate surface area is 81.4 Å². The molecular weight excluding hydrogens is 178 g/mol. The van der Waals surface area contributed by atoms with Crippen LogP contribution >= 0.6 is 0 Å². The summed E-state index contributed by atoms with van der Waals surface area (Å²) in [5, 5.41) is 8.78. The van der Waals surface area contributed by atoms with Gasteiger partial charge >= 0.3 is 0 Å². The predicted octanol–water partition coefficient (Wildman–Crippen LogP) is 0.747. The maximum atomic E-state index is 8.78. The fraction of sp³-hybridized carbons (Fsp3) is 0.200. The lowest BCUT2D eigenvalue weighted by Gasteiger charge is -2.01. The molecule has 0 aliphatic rings. The summed E-state index contributed by atoms with van der Waals surface area (Å²) in [6.07, 6.45) is 2.17. The zero-order chi connectivity index (χ0) is 9.97. The minimum absolute atomic E-state index is 0.147. The number of fused-ring (bicyclic) bond motifs is 1. The normalized spacial score (nSPS) is 10.6. The first-order valence-electron chi connectivity index (χ1n) is 4.41. The molecule has 0 unspecified atom stereocenters. The van der Waals surface area contributed by atoms with Crippen LogP contribution in [0.2, 0.25) is 0 Å². The molecule has 0 saturated heterocycles. The van der Waals surface area contributed by atoms with Gasteiger partial charge in [0.25, 0.3) is 0 Å². The van der Waals surface area contributed by atoms with Crippen LogP contribution in [0.25, 0.3) is 11.0 Å². The highest BCUT2D eigenvalue weighted by molar-refractivity contribution is 5.75. The topological polar surface area (TPSA) is 72.0 Å². The Morgan fingerprint density at radius 1 is 1.29 bits per heavy atom. The van der Waals surface area contributed by atoms with E-state index in [4.69, 9.17) is 10.8 Å². The van der Waals surface area contributed by atoms with E-state index in [2.05, 4.69) is 9.97 Å². The average Bonchev–Trinajstić information content (AvgIpc) is 2.19. The molecule has 4 heteroatoms. The van der Waals surface area contributed by atoms with Gasteiger partial charge in [-0.2, -0.15) is 0 Å². The number of anilines is 1. The Hall–Kier alpha value is -1.68. The second-order valence-corrected chi connectivity index (χ2v) is 3.09. The molecular formula is C10H11N3O. The molecule has 0 aliphatic carbocycles. The lowest BCUT2D eigenvalue weighted by atomic mass is 10.1. The van der Waals surface area contributed by atoms with E-state index in [0.717, 1.165) is 16.6 Å². The number of hydrogen-bond donors (Lipinski definition) is 2. The Kier molecular flexibility index (Phi) is 2.28. The molecule has 0 amide bonds. The van der Waals surface area contributed by atoms with Crippen LogP contribution in [0.1, 0.15) is 5.56 Å². The van der Waals surface area contributed by atoms with E-state index in [0.29, 0.717) is 12.2 Å². The van der Waals surface area contributed by atoms with E-state index < -0.39 is 0 Å². The number of aliphatic hydroxyl groups excluding tert-OH is 1. The van der Waals surface area contributed by atoms with E-state index in [1.165, 1.54) is 6.20 Å². The van der Waals surface area contributed by atoms with E-state index >= 15 is 0 Å². The zero-order valence-corrected chi connectivity index (χ0v) is 7.64. The van der Waals surface area contributed by atoms with Crippen LogP contribution in [0, 0.1) is 0 Å². The summed E-state index contributed by atoms with van der Waals surface area (Å²) in [6.45, 7) is 0.147. The fourth-order valence-corrected chi connectivity index (χ4v) is 1.36. The lowest BCUT2D eigenvalue weighted by molar-refractivity contribution is 0.299. The van der Waals surface area contributed by atoms with Crippen LogP contribution in [0.15, 0.2) is 24.4 Å². The highest BCUT2D eigenvalue weighted by Crippen LogP contribution is 2.13. The van der Waals surface area contributed by atoms with Gasteiger partial charge in [0, 0.05) is 6.61 Å². The smallest absolute Gasteiger partial charge is 0.142 e. The van der Waals surface area contributed by atoms with Gasteiger partial charge in [0.2, 0.25) is 0 Å². The quantitative estimate of drug-likeness (QED) is 0.731. The van der Waals surface area contributed by atoms with Crippen LogP contribution < -0.4 is 5.73 Å². The van der Waals surface area contributed by atoms with Crippen LogP contribution in [-0.2, 0) is 6.42 Å². The summed E-state index contributed by atoms with van der Waals surface area (Å²) in [6, 6.07) is 5.70. The van der Waals surface area contributed by atoms with Gasteiger partial charge in [0.1, 0.15) is 5.82 Å². The van der Waals surface area contributed by atoms with E-state index in [-0.39, 0.29) is 6.61 Å². The summed E-state index contributed by atoms with van der Waals surface area (Å²) in [4.78, 5) is 8.28. The van der Waals surface area contributed by atoms with Crippen molar-refractivity contribution in [3.8, 4) is 0 Å². The Bertz CT molecular complexity index is 456. The molecule has 3 N–H and O–H groups in total. The summed E-state index contributed by atoms with van der Waals surface area (Å²) < 4.78 is 0. The number of hydrogen-bond acceptors (Lipinski definition) is 4. The lowest BCUT2D eigenvalue weighted by Crippen LogP contribution is -1.95. The van der Waals surface area contributed by atoms with E-state index in [1.54, 1.807) is 0 Å². The highest BCUT2D eigenvalue weighted by Gasteiger charge is 1.98. The average molecular weight is 189 g/mol. The summed E-state index contributed by atoms with van der Waals surface area (Å²) in [5.74, 6) is 0.424. The third-order valence-electron chi connectivity index (χ3n) is 2.03. The first-order chi connectivity index (χ1) is 6.79. The third-order valence-corrected chi connectivity index (χ3v) is 2.03. The monoisotopic (exact) mass is 189 g/mol. The third kappa shape index (κ3) is 1.65. The first-order valence-corrected chi connectivity index (χ1v) is 4.41. The van der Waals surface area contributed by atoms with Crippen molar-refractivity contribution in [2.24, 2.45) is 0 Å². The molecule has 2 aromatic rings. The SMILES string of the molecule is Nc1cnc2cc(CCO)ccc2n1. The highest BCUT2D eigenvalue weighted by atomic mass is 16.2. The zero-order valence-electron chi connectivity index (χ0n) is 7.64. The molecule has 0 fully saturated rings.